The number of nitrogens with two attached hydrogens (primary N) is 1. The third-order valence-corrected chi connectivity index (χ3v) is 1.95. The van der Waals surface area contributed by atoms with Crippen LogP contribution in [-0.4, -0.2) is 32.0 Å². The maximum absolute atomic E-state index is 5.65. The highest BCUT2D eigenvalue weighted by atomic mass is 16.5. The summed E-state index contributed by atoms with van der Waals surface area (Å²) in [7, 11) is 1.68. The quantitative estimate of drug-likeness (QED) is 0.614. The fourth-order valence-corrected chi connectivity index (χ4v) is 1.32. The van der Waals surface area contributed by atoms with E-state index < -0.39 is 0 Å². The molecular formula is C7H15NO2. The van der Waals surface area contributed by atoms with E-state index in [1.54, 1.807) is 7.11 Å². The van der Waals surface area contributed by atoms with Crippen molar-refractivity contribution in [3.05, 3.63) is 0 Å². The lowest BCUT2D eigenvalue weighted by molar-refractivity contribution is -0.122. The molecule has 10 heavy (non-hydrogen) atoms. The summed E-state index contributed by atoms with van der Waals surface area (Å²) in [6.07, 6.45) is 1.30. The van der Waals surface area contributed by atoms with E-state index in [1.807, 2.05) is 6.92 Å². The summed E-state index contributed by atoms with van der Waals surface area (Å²) in [5.41, 5.74) is 5.65. The van der Waals surface area contributed by atoms with E-state index in [2.05, 4.69) is 0 Å². The molecule has 1 fully saturated rings. The highest BCUT2D eigenvalue weighted by molar-refractivity contribution is 4.94. The van der Waals surface area contributed by atoms with E-state index in [9.17, 15) is 0 Å². The van der Waals surface area contributed by atoms with Crippen LogP contribution < -0.4 is 5.73 Å². The molecule has 3 nitrogen and oxygen atoms in total. The van der Waals surface area contributed by atoms with Gasteiger partial charge in [-0.15, -0.1) is 0 Å². The first kappa shape index (κ1) is 7.98. The third-order valence-electron chi connectivity index (χ3n) is 1.95. The van der Waals surface area contributed by atoms with Crippen molar-refractivity contribution < 1.29 is 9.47 Å². The first-order valence-electron chi connectivity index (χ1n) is 3.69. The first-order chi connectivity index (χ1) is 4.79. The highest BCUT2D eigenvalue weighted by Gasteiger charge is 2.39. The molecule has 3 atom stereocenters. The van der Waals surface area contributed by atoms with Crippen LogP contribution >= 0.6 is 0 Å². The van der Waals surface area contributed by atoms with E-state index in [1.165, 1.54) is 0 Å². The molecule has 0 aromatic carbocycles. The van der Waals surface area contributed by atoms with E-state index in [-0.39, 0.29) is 18.2 Å². The topological polar surface area (TPSA) is 44.5 Å². The minimum Gasteiger partial charge on any atom is -0.377 e. The normalized spacial score (nSPS) is 39.3. The summed E-state index contributed by atoms with van der Waals surface area (Å²) in [6.45, 7) is 2.73. The van der Waals surface area contributed by atoms with Crippen molar-refractivity contribution in [2.45, 2.75) is 31.6 Å². The third kappa shape index (κ3) is 1.31. The van der Waals surface area contributed by atoms with Gasteiger partial charge in [0.2, 0.25) is 0 Å². The van der Waals surface area contributed by atoms with Gasteiger partial charge in [-0.3, -0.25) is 0 Å². The summed E-state index contributed by atoms with van der Waals surface area (Å²) < 4.78 is 10.5. The largest absolute Gasteiger partial charge is 0.377 e. The molecule has 1 rings (SSSR count). The second kappa shape index (κ2) is 3.32. The van der Waals surface area contributed by atoms with Crippen LogP contribution in [0.5, 0.6) is 0 Å². The van der Waals surface area contributed by atoms with E-state index >= 15 is 0 Å². The molecule has 0 saturated heterocycles. The summed E-state index contributed by atoms with van der Waals surface area (Å²) in [5.74, 6) is 0. The van der Waals surface area contributed by atoms with Gasteiger partial charge in [0.15, 0.2) is 0 Å². The maximum atomic E-state index is 5.65. The molecule has 0 heterocycles. The van der Waals surface area contributed by atoms with Gasteiger partial charge < -0.3 is 15.2 Å². The summed E-state index contributed by atoms with van der Waals surface area (Å²) >= 11 is 0. The molecular weight excluding hydrogens is 130 g/mol. The zero-order chi connectivity index (χ0) is 7.56. The van der Waals surface area contributed by atoms with Gasteiger partial charge in [0.05, 0.1) is 12.2 Å². The molecule has 1 aliphatic rings. The zero-order valence-electron chi connectivity index (χ0n) is 6.54. The number of hydrogen-bond acceptors (Lipinski definition) is 3. The Morgan fingerprint density at radius 3 is 2.70 bits per heavy atom. The lowest BCUT2D eigenvalue weighted by Crippen LogP contribution is -2.57. The van der Waals surface area contributed by atoms with Crippen molar-refractivity contribution in [2.24, 2.45) is 5.73 Å². The van der Waals surface area contributed by atoms with Crippen molar-refractivity contribution in [1.29, 1.82) is 0 Å². The molecule has 0 bridgehead atoms. The summed E-state index contributed by atoms with van der Waals surface area (Å²) in [6, 6.07) is 0.182. The molecule has 0 amide bonds. The predicted molar refractivity (Wildman–Crippen MR) is 38.8 cm³/mol. The first-order valence-corrected chi connectivity index (χ1v) is 3.69. The number of methoxy groups -OCH3 is 1. The Labute approximate surface area is 61.5 Å². The Bertz CT molecular complexity index is 106. The molecule has 0 radical (unpaired) electrons. The van der Waals surface area contributed by atoms with E-state index in [4.69, 9.17) is 15.2 Å². The molecule has 0 aliphatic heterocycles. The van der Waals surface area contributed by atoms with Gasteiger partial charge in [0.25, 0.3) is 0 Å². The standard InChI is InChI=1S/C7H15NO2/c1-3-10-6-4-5(8)7(6)9-2/h5-7H,3-4,8H2,1-2H3/t5-,6-,7-/m0/s1. The Morgan fingerprint density at radius 1 is 1.60 bits per heavy atom. The van der Waals surface area contributed by atoms with Crippen molar-refractivity contribution >= 4 is 0 Å². The van der Waals surface area contributed by atoms with Crippen LogP contribution in [0, 0.1) is 0 Å². The second-order valence-corrected chi connectivity index (χ2v) is 2.59. The lowest BCUT2D eigenvalue weighted by atomic mass is 9.86. The smallest absolute Gasteiger partial charge is 0.0984 e. The van der Waals surface area contributed by atoms with Crippen LogP contribution in [0.4, 0.5) is 0 Å². The van der Waals surface area contributed by atoms with Crippen LogP contribution in [0.3, 0.4) is 0 Å². The maximum Gasteiger partial charge on any atom is 0.0984 e. The molecule has 1 saturated carbocycles. The minimum atomic E-state index is 0.125. The van der Waals surface area contributed by atoms with Crippen molar-refractivity contribution in [2.75, 3.05) is 13.7 Å². The number of hydrogen-bond donors (Lipinski definition) is 1. The van der Waals surface area contributed by atoms with Crippen molar-refractivity contribution in [1.82, 2.24) is 0 Å². The average molecular weight is 145 g/mol. The molecule has 0 aromatic heterocycles. The molecule has 60 valence electrons. The van der Waals surface area contributed by atoms with Gasteiger partial charge in [-0.05, 0) is 13.3 Å². The average Bonchev–Trinajstić information content (AvgIpc) is 1.88. The number of ether oxygens (including phenoxy) is 2. The molecule has 3 heteroatoms. The Morgan fingerprint density at radius 2 is 2.30 bits per heavy atom. The van der Waals surface area contributed by atoms with Crippen LogP contribution in [0.2, 0.25) is 0 Å². The highest BCUT2D eigenvalue weighted by Crippen LogP contribution is 2.24. The van der Waals surface area contributed by atoms with Gasteiger partial charge in [-0.2, -0.15) is 0 Å². The van der Waals surface area contributed by atoms with Gasteiger partial charge >= 0.3 is 0 Å². The van der Waals surface area contributed by atoms with Crippen molar-refractivity contribution in [3.63, 3.8) is 0 Å². The lowest BCUT2D eigenvalue weighted by Gasteiger charge is -2.40. The van der Waals surface area contributed by atoms with Gasteiger partial charge in [0, 0.05) is 19.8 Å². The summed E-state index contributed by atoms with van der Waals surface area (Å²) in [4.78, 5) is 0. The van der Waals surface area contributed by atoms with Gasteiger partial charge in [0.1, 0.15) is 0 Å². The van der Waals surface area contributed by atoms with Crippen LogP contribution in [-0.2, 0) is 9.47 Å². The molecule has 0 aromatic rings. The monoisotopic (exact) mass is 145 g/mol. The van der Waals surface area contributed by atoms with Gasteiger partial charge in [-0.25, -0.2) is 0 Å². The Balaban J connectivity index is 2.23. The Kier molecular flexibility index (Phi) is 2.65. The predicted octanol–water partition coefficient (Wildman–Crippen LogP) is 0.138. The van der Waals surface area contributed by atoms with Crippen LogP contribution in [0.1, 0.15) is 13.3 Å². The zero-order valence-corrected chi connectivity index (χ0v) is 6.54. The summed E-state index contributed by atoms with van der Waals surface area (Å²) in [5, 5.41) is 0. The molecule has 0 spiro atoms. The molecule has 2 N–H and O–H groups in total. The van der Waals surface area contributed by atoms with E-state index in [0.29, 0.717) is 0 Å². The van der Waals surface area contributed by atoms with E-state index in [0.717, 1.165) is 13.0 Å². The van der Waals surface area contributed by atoms with Crippen LogP contribution in [0.15, 0.2) is 0 Å². The SMILES string of the molecule is CCO[C@H]1C[C@H](N)[C@@H]1OC. The molecule has 0 unspecified atom stereocenters. The van der Waals surface area contributed by atoms with Gasteiger partial charge in [-0.1, -0.05) is 0 Å². The Hall–Kier alpha value is -0.120. The fourth-order valence-electron chi connectivity index (χ4n) is 1.32. The van der Waals surface area contributed by atoms with Crippen molar-refractivity contribution in [3.8, 4) is 0 Å². The van der Waals surface area contributed by atoms with Crippen LogP contribution in [0.25, 0.3) is 0 Å². The number of rotatable bonds is 3. The molecule has 1 aliphatic carbocycles. The fraction of sp³-hybridized carbons (Fsp3) is 1.00. The second-order valence-electron chi connectivity index (χ2n) is 2.59. The minimum absolute atomic E-state index is 0.125.